The molecule has 0 atom stereocenters. The van der Waals surface area contributed by atoms with Crippen LogP contribution >= 0.6 is 0 Å². The number of amides is 2. The van der Waals surface area contributed by atoms with E-state index in [0.29, 0.717) is 17.9 Å². The first kappa shape index (κ1) is 21.7. The Kier molecular flexibility index (Phi) is 8.44. The number of hydrogen-bond acceptors (Lipinski definition) is 5. The van der Waals surface area contributed by atoms with Crippen molar-refractivity contribution in [1.29, 1.82) is 0 Å². The fourth-order valence-electron chi connectivity index (χ4n) is 2.17. The van der Waals surface area contributed by atoms with Gasteiger partial charge < -0.3 is 9.47 Å². The molecule has 0 fully saturated rings. The van der Waals surface area contributed by atoms with Crippen LogP contribution in [0, 0.1) is 6.92 Å². The van der Waals surface area contributed by atoms with Gasteiger partial charge >= 0.3 is 5.97 Å². The molecule has 2 N–H and O–H groups in total. The fourth-order valence-corrected chi connectivity index (χ4v) is 2.17. The van der Waals surface area contributed by atoms with Crippen LogP contribution in [0.15, 0.2) is 54.6 Å². The lowest BCUT2D eigenvalue weighted by atomic mass is 10.1. The van der Waals surface area contributed by atoms with Crippen LogP contribution < -0.4 is 15.6 Å². The van der Waals surface area contributed by atoms with Crippen molar-refractivity contribution >= 4 is 23.9 Å². The number of aryl methyl sites for hydroxylation is 1. The van der Waals surface area contributed by atoms with E-state index in [4.69, 9.17) is 9.47 Å². The van der Waals surface area contributed by atoms with Gasteiger partial charge in [0.25, 0.3) is 11.8 Å². The van der Waals surface area contributed by atoms with Gasteiger partial charge in [-0.25, -0.2) is 4.79 Å². The van der Waals surface area contributed by atoms with Crippen LogP contribution in [0.5, 0.6) is 5.75 Å². The van der Waals surface area contributed by atoms with Crippen LogP contribution in [0.4, 0.5) is 0 Å². The predicted molar refractivity (Wildman–Crippen MR) is 109 cm³/mol. The van der Waals surface area contributed by atoms with Crippen molar-refractivity contribution in [3.63, 3.8) is 0 Å². The molecule has 2 aromatic rings. The van der Waals surface area contributed by atoms with Crippen molar-refractivity contribution in [2.24, 2.45) is 0 Å². The van der Waals surface area contributed by atoms with Gasteiger partial charge in [-0.15, -0.1) is 0 Å². The van der Waals surface area contributed by atoms with E-state index in [1.807, 2.05) is 38.1 Å². The normalized spacial score (nSPS) is 10.4. The molecule has 0 radical (unpaired) electrons. The zero-order chi connectivity index (χ0) is 21.1. The Morgan fingerprint density at radius 2 is 1.66 bits per heavy atom. The Morgan fingerprint density at radius 3 is 2.31 bits per heavy atom. The number of nitrogens with one attached hydrogen (secondary N) is 2. The number of carbonyl (C=O) groups excluding carboxylic acids is 3. The third kappa shape index (κ3) is 7.88. The molecule has 0 saturated carbocycles. The Labute approximate surface area is 169 Å². The van der Waals surface area contributed by atoms with Crippen LogP contribution in [-0.2, 0) is 14.3 Å². The van der Waals surface area contributed by atoms with Crippen molar-refractivity contribution < 1.29 is 23.9 Å². The molecular weight excluding hydrogens is 372 g/mol. The molecule has 7 nitrogen and oxygen atoms in total. The van der Waals surface area contributed by atoms with E-state index in [1.165, 1.54) is 6.08 Å². The maximum absolute atomic E-state index is 11.8. The zero-order valence-electron chi connectivity index (χ0n) is 16.4. The fraction of sp³-hybridized carbons (Fsp3) is 0.227. The van der Waals surface area contributed by atoms with Gasteiger partial charge in [-0.1, -0.05) is 36.8 Å². The first-order valence-corrected chi connectivity index (χ1v) is 9.21. The Balaban J connectivity index is 1.71. The minimum Gasteiger partial charge on any atom is -0.484 e. The van der Waals surface area contributed by atoms with E-state index in [1.54, 1.807) is 30.3 Å². The lowest BCUT2D eigenvalue weighted by Crippen LogP contribution is -2.43. The molecule has 152 valence electrons. The number of rotatable bonds is 8. The van der Waals surface area contributed by atoms with Gasteiger partial charge in [-0.3, -0.25) is 20.4 Å². The molecule has 0 aliphatic rings. The summed E-state index contributed by atoms with van der Waals surface area (Å²) in [7, 11) is 0. The highest BCUT2D eigenvalue weighted by atomic mass is 16.5. The highest BCUT2D eigenvalue weighted by molar-refractivity contribution is 5.93. The maximum atomic E-state index is 11.8. The molecule has 0 saturated heterocycles. The van der Waals surface area contributed by atoms with Crippen LogP contribution in [0.25, 0.3) is 6.08 Å². The highest BCUT2D eigenvalue weighted by Gasteiger charge is 2.08. The average molecular weight is 396 g/mol. The highest BCUT2D eigenvalue weighted by Crippen LogP contribution is 2.13. The standard InChI is InChI=1S/C22H24N2O5/c1-3-14-28-22(27)18-9-11-19(12-10-18)29-15-21(26)24-23-20(25)13-8-17-6-4-16(2)5-7-17/h4-13H,3,14-15H2,1-2H3,(H,23,25)(H,24,26)/b13-8+. The van der Waals surface area contributed by atoms with Crippen molar-refractivity contribution in [1.82, 2.24) is 10.9 Å². The van der Waals surface area contributed by atoms with Crippen molar-refractivity contribution in [2.45, 2.75) is 20.3 Å². The third-order valence-corrected chi connectivity index (χ3v) is 3.73. The number of benzene rings is 2. The van der Waals surface area contributed by atoms with Gasteiger partial charge in [0.1, 0.15) is 5.75 Å². The summed E-state index contributed by atoms with van der Waals surface area (Å²) >= 11 is 0. The van der Waals surface area contributed by atoms with E-state index in [-0.39, 0.29) is 6.61 Å². The molecule has 0 heterocycles. The first-order valence-electron chi connectivity index (χ1n) is 9.21. The second-order valence-corrected chi connectivity index (χ2v) is 6.23. The summed E-state index contributed by atoms with van der Waals surface area (Å²) in [4.78, 5) is 35.2. The lowest BCUT2D eigenvalue weighted by molar-refractivity contribution is -0.128. The van der Waals surface area contributed by atoms with E-state index >= 15 is 0 Å². The van der Waals surface area contributed by atoms with Crippen LogP contribution in [0.3, 0.4) is 0 Å². The largest absolute Gasteiger partial charge is 0.484 e. The Bertz CT molecular complexity index is 858. The summed E-state index contributed by atoms with van der Waals surface area (Å²) in [5.74, 6) is -0.974. The molecule has 2 rings (SSSR count). The zero-order valence-corrected chi connectivity index (χ0v) is 16.4. The molecular formula is C22H24N2O5. The van der Waals surface area contributed by atoms with Crippen LogP contribution in [0.2, 0.25) is 0 Å². The van der Waals surface area contributed by atoms with E-state index in [2.05, 4.69) is 10.9 Å². The number of ether oxygens (including phenoxy) is 2. The first-order chi connectivity index (χ1) is 14.0. The molecule has 2 aromatic carbocycles. The van der Waals surface area contributed by atoms with Gasteiger partial charge in [0, 0.05) is 6.08 Å². The molecule has 2 amide bonds. The van der Waals surface area contributed by atoms with Gasteiger partial charge in [0.15, 0.2) is 6.61 Å². The Hall–Kier alpha value is -3.61. The van der Waals surface area contributed by atoms with Gasteiger partial charge in [0.05, 0.1) is 12.2 Å². The smallest absolute Gasteiger partial charge is 0.338 e. The topological polar surface area (TPSA) is 93.7 Å². The minimum absolute atomic E-state index is 0.290. The number of hydrazine groups is 1. The molecule has 0 bridgehead atoms. The second-order valence-electron chi connectivity index (χ2n) is 6.23. The predicted octanol–water partition coefficient (Wildman–Crippen LogP) is 2.80. The maximum Gasteiger partial charge on any atom is 0.338 e. The van der Waals surface area contributed by atoms with Gasteiger partial charge in [-0.05, 0) is 49.2 Å². The number of esters is 1. The summed E-state index contributed by atoms with van der Waals surface area (Å²) in [5.41, 5.74) is 6.95. The molecule has 7 heteroatoms. The summed E-state index contributed by atoms with van der Waals surface area (Å²) in [6.07, 6.45) is 3.72. The van der Waals surface area contributed by atoms with Gasteiger partial charge in [0.2, 0.25) is 0 Å². The molecule has 29 heavy (non-hydrogen) atoms. The van der Waals surface area contributed by atoms with Crippen molar-refractivity contribution in [2.75, 3.05) is 13.2 Å². The average Bonchev–Trinajstić information content (AvgIpc) is 2.74. The summed E-state index contributed by atoms with van der Waals surface area (Å²) in [5, 5.41) is 0. The second kappa shape index (κ2) is 11.3. The quantitative estimate of drug-likeness (QED) is 0.407. The molecule has 0 unspecified atom stereocenters. The van der Waals surface area contributed by atoms with Crippen LogP contribution in [0.1, 0.15) is 34.8 Å². The molecule has 0 aliphatic carbocycles. The van der Waals surface area contributed by atoms with E-state index < -0.39 is 17.8 Å². The molecule has 0 aliphatic heterocycles. The summed E-state index contributed by atoms with van der Waals surface area (Å²) in [6, 6.07) is 13.9. The Morgan fingerprint density at radius 1 is 0.966 bits per heavy atom. The third-order valence-electron chi connectivity index (χ3n) is 3.73. The molecule has 0 aromatic heterocycles. The van der Waals surface area contributed by atoms with Crippen molar-refractivity contribution in [3.8, 4) is 5.75 Å². The van der Waals surface area contributed by atoms with Crippen molar-refractivity contribution in [3.05, 3.63) is 71.3 Å². The SMILES string of the molecule is CCCOC(=O)c1ccc(OCC(=O)NNC(=O)/C=C/c2ccc(C)cc2)cc1. The van der Waals surface area contributed by atoms with Gasteiger partial charge in [-0.2, -0.15) is 0 Å². The van der Waals surface area contributed by atoms with E-state index in [0.717, 1.165) is 17.5 Å². The summed E-state index contributed by atoms with van der Waals surface area (Å²) < 4.78 is 10.4. The minimum atomic E-state index is -0.520. The molecule has 0 spiro atoms. The van der Waals surface area contributed by atoms with E-state index in [9.17, 15) is 14.4 Å². The number of hydrogen-bond donors (Lipinski definition) is 2. The van der Waals surface area contributed by atoms with Crippen LogP contribution in [-0.4, -0.2) is 31.0 Å². The lowest BCUT2D eigenvalue weighted by Gasteiger charge is -2.08. The summed E-state index contributed by atoms with van der Waals surface area (Å²) in [6.45, 7) is 3.97. The number of carbonyl (C=O) groups is 3. The monoisotopic (exact) mass is 396 g/mol.